The molecule has 0 N–H and O–H groups in total. The molecule has 0 heterocycles. The van der Waals surface area contributed by atoms with Crippen molar-refractivity contribution in [2.24, 2.45) is 0 Å². The van der Waals surface area contributed by atoms with E-state index >= 15 is 0 Å². The largest absolute Gasteiger partial charge is 0.462 e. The number of carbonyl (C=O) groups excluding carboxylic acids is 4. The summed E-state index contributed by atoms with van der Waals surface area (Å²) >= 11 is 0. The summed E-state index contributed by atoms with van der Waals surface area (Å²) in [6.45, 7) is 32.1. The molecule has 0 fully saturated rings. The molecule has 0 aliphatic heterocycles. The molecular weight excluding hydrogens is 873 g/mol. The first-order valence-electron chi connectivity index (χ1n) is 29.0. The van der Waals surface area contributed by atoms with Gasteiger partial charge in [-0.3, -0.25) is 0 Å². The van der Waals surface area contributed by atoms with Gasteiger partial charge in [0.05, 0.1) is 26.4 Å². The molecule has 0 atom stereocenters. The quantitative estimate of drug-likeness (QED) is 0.0257. The van der Waals surface area contributed by atoms with Crippen LogP contribution in [-0.4, -0.2) is 50.3 Å². The minimum absolute atomic E-state index is 0.257. The third-order valence-corrected chi connectivity index (χ3v) is 11.8. The van der Waals surface area contributed by atoms with Crippen molar-refractivity contribution in [3.63, 3.8) is 0 Å². The standard InChI is InChI=1S/C17H32O2.C16H30O2.C15H28O2.C14H26O2/c1-4-5-6-7-8-9-10-11-12-13-14-15-19-17(18)16(2)3;1-4-5-6-7-8-9-10-11-12-13-14-18-16(17)15(2)3;1-4-5-6-7-8-9-10-11-12-13-17-15(16)14(2)3;1-4-5-6-7-8-9-10-11-12-16-14(15)13(2)3/h2,4-15H2,1,3H3;2,4-14H2,1,3H3;2,4-13H2,1,3H3;2,4-12H2,1,3H3. The van der Waals surface area contributed by atoms with E-state index in [0.29, 0.717) is 48.7 Å². The van der Waals surface area contributed by atoms with Crippen molar-refractivity contribution >= 4 is 23.9 Å². The van der Waals surface area contributed by atoms with Crippen LogP contribution in [0.25, 0.3) is 0 Å². The van der Waals surface area contributed by atoms with Gasteiger partial charge in [0.2, 0.25) is 0 Å². The first-order chi connectivity index (χ1) is 33.7. The summed E-state index contributed by atoms with van der Waals surface area (Å²) in [7, 11) is 0. The van der Waals surface area contributed by atoms with Crippen molar-refractivity contribution in [1.29, 1.82) is 0 Å². The zero-order valence-electron chi connectivity index (χ0n) is 47.8. The maximum Gasteiger partial charge on any atom is 0.333 e. The van der Waals surface area contributed by atoms with Crippen molar-refractivity contribution in [2.45, 2.75) is 299 Å². The van der Waals surface area contributed by atoms with Crippen LogP contribution in [-0.2, 0) is 38.1 Å². The minimum Gasteiger partial charge on any atom is -0.462 e. The maximum atomic E-state index is 11.1. The molecule has 0 saturated heterocycles. The first kappa shape index (κ1) is 73.4. The Hall–Kier alpha value is -3.16. The predicted octanol–water partition coefficient (Wildman–Crippen LogP) is 19.3. The summed E-state index contributed by atoms with van der Waals surface area (Å²) in [6, 6.07) is 0. The molecule has 0 bridgehead atoms. The molecule has 0 amide bonds. The topological polar surface area (TPSA) is 105 Å². The van der Waals surface area contributed by atoms with Gasteiger partial charge in [-0.15, -0.1) is 0 Å². The summed E-state index contributed by atoms with van der Waals surface area (Å²) in [4.78, 5) is 44.3. The first-order valence-corrected chi connectivity index (χ1v) is 29.0. The van der Waals surface area contributed by atoms with Crippen molar-refractivity contribution in [3.05, 3.63) is 48.6 Å². The molecule has 0 radical (unpaired) electrons. The molecule has 0 aromatic rings. The number of ether oxygens (including phenoxy) is 4. The second kappa shape index (κ2) is 62.0. The number of carbonyl (C=O) groups is 4. The highest BCUT2D eigenvalue weighted by Gasteiger charge is 2.05. The molecule has 0 aliphatic rings. The highest BCUT2D eigenvalue weighted by atomic mass is 16.5. The minimum atomic E-state index is -0.261. The van der Waals surface area contributed by atoms with Crippen LogP contribution in [0.5, 0.6) is 0 Å². The molecule has 8 nitrogen and oxygen atoms in total. The fraction of sp³-hybridized carbons (Fsp3) is 0.806. The molecule has 0 rings (SSSR count). The van der Waals surface area contributed by atoms with Gasteiger partial charge in [0.1, 0.15) is 0 Å². The normalized spacial score (nSPS) is 10.3. The van der Waals surface area contributed by atoms with E-state index in [4.69, 9.17) is 18.9 Å². The second-order valence-electron chi connectivity index (χ2n) is 19.7. The van der Waals surface area contributed by atoms with Crippen LogP contribution in [0.15, 0.2) is 48.6 Å². The van der Waals surface area contributed by atoms with E-state index in [1.807, 2.05) is 0 Å². The van der Waals surface area contributed by atoms with Crippen molar-refractivity contribution < 1.29 is 38.1 Å². The van der Waals surface area contributed by atoms with Crippen molar-refractivity contribution in [3.8, 4) is 0 Å². The van der Waals surface area contributed by atoms with Crippen LogP contribution in [0.2, 0.25) is 0 Å². The Labute approximate surface area is 434 Å². The number of hydrogen-bond acceptors (Lipinski definition) is 8. The SMILES string of the molecule is C=C(C)C(=O)OCCCCCCCCCC.C=C(C)C(=O)OCCCCCCCCCCC.C=C(C)C(=O)OCCCCCCCCCCCC.C=C(C)C(=O)OCCCCCCCCCCCCC. The van der Waals surface area contributed by atoms with E-state index in [9.17, 15) is 19.2 Å². The Bertz CT molecular complexity index is 1240. The molecule has 412 valence electrons. The number of unbranched alkanes of at least 4 members (excludes halogenated alkanes) is 34. The lowest BCUT2D eigenvalue weighted by molar-refractivity contribution is -0.139. The fourth-order valence-electron chi connectivity index (χ4n) is 7.16. The summed E-state index contributed by atoms with van der Waals surface area (Å²) < 4.78 is 20.1. The highest BCUT2D eigenvalue weighted by molar-refractivity contribution is 5.88. The van der Waals surface area contributed by atoms with E-state index in [0.717, 1.165) is 38.5 Å². The van der Waals surface area contributed by atoms with Gasteiger partial charge in [-0.05, 0) is 53.4 Å². The number of hydrogen-bond donors (Lipinski definition) is 0. The van der Waals surface area contributed by atoms with Gasteiger partial charge in [-0.25, -0.2) is 19.2 Å². The zero-order valence-corrected chi connectivity index (χ0v) is 47.8. The van der Waals surface area contributed by atoms with Gasteiger partial charge < -0.3 is 18.9 Å². The summed E-state index contributed by atoms with van der Waals surface area (Å²) in [5.41, 5.74) is 1.95. The van der Waals surface area contributed by atoms with Crippen LogP contribution < -0.4 is 0 Å². The fourth-order valence-corrected chi connectivity index (χ4v) is 7.16. The molecule has 0 unspecified atom stereocenters. The lowest BCUT2D eigenvalue weighted by atomic mass is 10.1. The summed E-state index contributed by atoms with van der Waals surface area (Å²) in [5, 5.41) is 0. The lowest BCUT2D eigenvalue weighted by Gasteiger charge is -2.04. The zero-order chi connectivity index (χ0) is 53.1. The molecule has 0 spiro atoms. The van der Waals surface area contributed by atoms with E-state index in [1.54, 1.807) is 27.7 Å². The Balaban J connectivity index is -0.000000416. The molecule has 0 aromatic carbocycles. The van der Waals surface area contributed by atoms with E-state index in [-0.39, 0.29) is 23.9 Å². The van der Waals surface area contributed by atoms with E-state index in [2.05, 4.69) is 54.0 Å². The van der Waals surface area contributed by atoms with Crippen LogP contribution in [0, 0.1) is 0 Å². The molecule has 70 heavy (non-hydrogen) atoms. The van der Waals surface area contributed by atoms with Gasteiger partial charge in [-0.2, -0.15) is 0 Å². The van der Waals surface area contributed by atoms with Crippen LogP contribution >= 0.6 is 0 Å². The number of esters is 4. The van der Waals surface area contributed by atoms with Gasteiger partial charge >= 0.3 is 23.9 Å². The number of rotatable bonds is 46. The highest BCUT2D eigenvalue weighted by Crippen LogP contribution is 2.14. The van der Waals surface area contributed by atoms with Crippen molar-refractivity contribution in [1.82, 2.24) is 0 Å². The Kier molecular flexibility index (Phi) is 64.9. The predicted molar refractivity (Wildman–Crippen MR) is 301 cm³/mol. The summed E-state index contributed by atoms with van der Waals surface area (Å²) in [5.74, 6) is -1.04. The summed E-state index contributed by atoms with van der Waals surface area (Å²) in [6.07, 6.45) is 49.0. The second-order valence-corrected chi connectivity index (χ2v) is 19.7. The Morgan fingerprint density at radius 3 is 0.457 bits per heavy atom. The van der Waals surface area contributed by atoms with Crippen molar-refractivity contribution in [2.75, 3.05) is 26.4 Å². The van der Waals surface area contributed by atoms with Crippen LogP contribution in [0.3, 0.4) is 0 Å². The Morgan fingerprint density at radius 2 is 0.343 bits per heavy atom. The lowest BCUT2D eigenvalue weighted by Crippen LogP contribution is -2.05. The molecule has 8 heteroatoms. The maximum absolute atomic E-state index is 11.1. The molecule has 0 aromatic heterocycles. The monoisotopic (exact) mass is 989 g/mol. The van der Waals surface area contributed by atoms with Gasteiger partial charge in [0.15, 0.2) is 0 Å². The average molecular weight is 990 g/mol. The average Bonchev–Trinajstić information content (AvgIpc) is 3.33. The van der Waals surface area contributed by atoms with E-state index < -0.39 is 0 Å². The van der Waals surface area contributed by atoms with Gasteiger partial charge in [0.25, 0.3) is 0 Å². The Morgan fingerprint density at radius 1 is 0.229 bits per heavy atom. The third-order valence-electron chi connectivity index (χ3n) is 11.8. The van der Waals surface area contributed by atoms with Gasteiger partial charge in [0, 0.05) is 22.3 Å². The smallest absolute Gasteiger partial charge is 0.333 e. The van der Waals surface area contributed by atoms with Crippen LogP contribution in [0.1, 0.15) is 299 Å². The molecule has 0 saturated carbocycles. The molecule has 0 aliphatic carbocycles. The van der Waals surface area contributed by atoms with Crippen LogP contribution in [0.4, 0.5) is 0 Å². The third kappa shape index (κ3) is 66.9. The van der Waals surface area contributed by atoms with Gasteiger partial charge in [-0.1, -0.05) is 272 Å². The van der Waals surface area contributed by atoms with E-state index in [1.165, 1.54) is 205 Å². The molecular formula is C62H116O8.